The molecule has 0 amide bonds. The fourth-order valence-corrected chi connectivity index (χ4v) is 4.55. The molecule has 1 aliphatic heterocycles. The van der Waals surface area contributed by atoms with Crippen LogP contribution in [0.2, 0.25) is 5.28 Å². The van der Waals surface area contributed by atoms with Crippen molar-refractivity contribution in [1.29, 1.82) is 0 Å². The van der Waals surface area contributed by atoms with Crippen LogP contribution in [-0.4, -0.2) is 77.3 Å². The minimum absolute atomic E-state index is 0.00210. The van der Waals surface area contributed by atoms with Crippen LogP contribution in [0.5, 0.6) is 0 Å². The lowest BCUT2D eigenvalue weighted by molar-refractivity contribution is -0.0612. The zero-order chi connectivity index (χ0) is 22.2. The van der Waals surface area contributed by atoms with E-state index in [1.54, 1.807) is 0 Å². The van der Waals surface area contributed by atoms with Crippen molar-refractivity contribution in [1.82, 2.24) is 19.5 Å². The Balaban J connectivity index is 1.51. The number of rotatable bonds is 8. The second-order valence-electron chi connectivity index (χ2n) is 7.91. The van der Waals surface area contributed by atoms with Crippen LogP contribution in [0.4, 0.5) is 5.82 Å². The number of hydrogen-bond acceptors (Lipinski definition) is 9. The second kappa shape index (κ2) is 9.24. The molecule has 0 radical (unpaired) electrons. The molecule has 2 aromatic heterocycles. The summed E-state index contributed by atoms with van der Waals surface area (Å²) in [6.45, 7) is 0.436. The van der Waals surface area contributed by atoms with E-state index < -0.39 is 38.5 Å². The quantitative estimate of drug-likeness (QED) is 0.269. The van der Waals surface area contributed by atoms with Gasteiger partial charge < -0.3 is 34.8 Å². The minimum Gasteiger partial charge on any atom is -0.387 e. The van der Waals surface area contributed by atoms with Crippen LogP contribution in [0.1, 0.15) is 31.9 Å². The number of aromatic nitrogens is 4. The Kier molecular flexibility index (Phi) is 6.80. The molecule has 172 valence electrons. The average molecular weight is 478 g/mol. The van der Waals surface area contributed by atoms with Gasteiger partial charge in [0.1, 0.15) is 24.7 Å². The van der Waals surface area contributed by atoms with Crippen molar-refractivity contribution in [2.45, 2.75) is 50.2 Å². The molecule has 2 aliphatic rings. The summed E-state index contributed by atoms with van der Waals surface area (Å²) >= 11 is 6.11. The maximum Gasteiger partial charge on any atom is 0.350 e. The minimum atomic E-state index is -4.36. The van der Waals surface area contributed by atoms with Gasteiger partial charge >= 0.3 is 7.60 Å². The fraction of sp³-hybridized carbons (Fsp3) is 0.706. The van der Waals surface area contributed by atoms with E-state index in [4.69, 9.17) is 30.9 Å². The van der Waals surface area contributed by atoms with Crippen LogP contribution in [-0.2, 0) is 14.0 Å². The zero-order valence-electron chi connectivity index (χ0n) is 16.5. The first-order valence-corrected chi connectivity index (χ1v) is 12.2. The highest BCUT2D eigenvalue weighted by molar-refractivity contribution is 7.51. The van der Waals surface area contributed by atoms with Gasteiger partial charge in [0.15, 0.2) is 23.2 Å². The Morgan fingerprint density at radius 1 is 1.26 bits per heavy atom. The monoisotopic (exact) mass is 477 g/mol. The molecule has 12 nitrogen and oxygen atoms in total. The van der Waals surface area contributed by atoms with E-state index in [1.807, 2.05) is 0 Å². The molecule has 14 heteroatoms. The number of hydrogen-bond donors (Lipinski definition) is 5. The third-order valence-corrected chi connectivity index (χ3v) is 6.27. The van der Waals surface area contributed by atoms with Crippen LogP contribution in [0.15, 0.2) is 6.33 Å². The first-order valence-electron chi connectivity index (χ1n) is 10.0. The molecule has 0 aromatic carbocycles. The smallest absolute Gasteiger partial charge is 0.350 e. The standard InChI is InChI=1S/C17H25ClN5O7P/c18-17-21-14(19-5-9-3-1-2-4-9)11-15(22-17)23(7-20-11)16-13(25)12(24)10(30-16)6-29-8-31(26,27)28/h7,9-10,12-13,16,24-25H,1-6,8H2,(H,19,21,22)(H2,26,27,28)/t10-,12-,13-,16-/m1/s1. The van der Waals surface area contributed by atoms with Gasteiger partial charge in [0.05, 0.1) is 12.9 Å². The maximum atomic E-state index is 10.9. The zero-order valence-corrected chi connectivity index (χ0v) is 18.2. The molecule has 5 N–H and O–H groups in total. The Morgan fingerprint density at radius 2 is 2.00 bits per heavy atom. The van der Waals surface area contributed by atoms with Crippen LogP contribution < -0.4 is 5.32 Å². The normalized spacial score (nSPS) is 27.4. The van der Waals surface area contributed by atoms with Gasteiger partial charge in [-0.1, -0.05) is 12.8 Å². The van der Waals surface area contributed by atoms with E-state index in [0.29, 0.717) is 22.9 Å². The van der Waals surface area contributed by atoms with Crippen LogP contribution in [0.25, 0.3) is 11.2 Å². The van der Waals surface area contributed by atoms with E-state index in [2.05, 4.69) is 20.3 Å². The molecule has 1 saturated carbocycles. The molecule has 3 heterocycles. The van der Waals surface area contributed by atoms with Crippen LogP contribution in [0.3, 0.4) is 0 Å². The Hall–Kier alpha value is -1.37. The predicted octanol–water partition coefficient (Wildman–Crippen LogP) is 0.853. The summed E-state index contributed by atoms with van der Waals surface area (Å²) in [6, 6.07) is 0. The molecule has 1 aliphatic carbocycles. The van der Waals surface area contributed by atoms with Crippen molar-refractivity contribution >= 4 is 36.2 Å². The van der Waals surface area contributed by atoms with Gasteiger partial charge in [-0.15, -0.1) is 0 Å². The number of anilines is 1. The highest BCUT2D eigenvalue weighted by Gasteiger charge is 2.44. The van der Waals surface area contributed by atoms with Gasteiger partial charge in [-0.2, -0.15) is 9.97 Å². The number of aliphatic hydroxyl groups is 2. The van der Waals surface area contributed by atoms with Gasteiger partial charge in [-0.3, -0.25) is 9.13 Å². The predicted molar refractivity (Wildman–Crippen MR) is 110 cm³/mol. The summed E-state index contributed by atoms with van der Waals surface area (Å²) < 4.78 is 23.0. The first-order chi connectivity index (χ1) is 14.7. The molecule has 4 atom stereocenters. The topological polar surface area (TPSA) is 172 Å². The third kappa shape index (κ3) is 5.18. The molecule has 0 unspecified atom stereocenters. The van der Waals surface area contributed by atoms with E-state index in [-0.39, 0.29) is 11.9 Å². The summed E-state index contributed by atoms with van der Waals surface area (Å²) in [6.07, 6.45) is 0.644. The first kappa shape index (κ1) is 22.8. The number of nitrogens with zero attached hydrogens (tertiary/aromatic N) is 4. The third-order valence-electron chi connectivity index (χ3n) is 5.58. The lowest BCUT2D eigenvalue weighted by Gasteiger charge is -2.17. The van der Waals surface area contributed by atoms with Gasteiger partial charge in [0, 0.05) is 6.54 Å². The van der Waals surface area contributed by atoms with Gasteiger partial charge in [0.25, 0.3) is 0 Å². The molecule has 4 rings (SSSR count). The highest BCUT2D eigenvalue weighted by atomic mass is 35.5. The van der Waals surface area contributed by atoms with Crippen LogP contribution >= 0.6 is 19.2 Å². The molecule has 0 bridgehead atoms. The molecule has 2 fully saturated rings. The lowest BCUT2D eigenvalue weighted by Crippen LogP contribution is -2.33. The molecular formula is C17H25ClN5O7P. The maximum absolute atomic E-state index is 10.9. The highest BCUT2D eigenvalue weighted by Crippen LogP contribution is 2.36. The number of ether oxygens (including phenoxy) is 2. The molecule has 31 heavy (non-hydrogen) atoms. The Morgan fingerprint density at radius 3 is 2.71 bits per heavy atom. The summed E-state index contributed by atoms with van der Waals surface area (Å²) in [5, 5.41) is 24.1. The SMILES string of the molecule is O=P(O)(O)COC[C@H]1O[C@@H](n2cnc3c(NCC4CCCC4)nc(Cl)nc32)[C@H](O)[C@@H]1O. The van der Waals surface area contributed by atoms with E-state index in [1.165, 1.54) is 23.7 Å². The Bertz CT molecular complexity index is 966. The number of imidazole rings is 1. The average Bonchev–Trinajstić information content (AvgIpc) is 3.41. The molecule has 1 saturated heterocycles. The Labute approximate surface area is 182 Å². The van der Waals surface area contributed by atoms with Crippen molar-refractivity contribution in [2.24, 2.45) is 5.92 Å². The van der Waals surface area contributed by atoms with Gasteiger partial charge in [0.2, 0.25) is 5.28 Å². The van der Waals surface area contributed by atoms with E-state index in [9.17, 15) is 14.8 Å². The fourth-order valence-electron chi connectivity index (χ4n) is 4.04. The van der Waals surface area contributed by atoms with Gasteiger partial charge in [-0.25, -0.2) is 4.98 Å². The number of halogens is 1. The summed E-state index contributed by atoms with van der Waals surface area (Å²) in [7, 11) is -4.36. The summed E-state index contributed by atoms with van der Waals surface area (Å²) in [4.78, 5) is 30.5. The van der Waals surface area contributed by atoms with E-state index in [0.717, 1.165) is 19.4 Å². The lowest BCUT2D eigenvalue weighted by atomic mass is 10.1. The molecular weight excluding hydrogens is 453 g/mol. The van der Waals surface area contributed by atoms with Crippen molar-refractivity contribution < 1.29 is 34.0 Å². The number of nitrogens with one attached hydrogen (secondary N) is 1. The molecule has 0 spiro atoms. The van der Waals surface area contributed by atoms with Crippen molar-refractivity contribution in [3.63, 3.8) is 0 Å². The molecule has 2 aromatic rings. The number of aliphatic hydroxyl groups excluding tert-OH is 2. The van der Waals surface area contributed by atoms with E-state index >= 15 is 0 Å². The van der Waals surface area contributed by atoms with Crippen molar-refractivity contribution in [3.8, 4) is 0 Å². The van der Waals surface area contributed by atoms with Crippen molar-refractivity contribution in [2.75, 3.05) is 24.8 Å². The summed E-state index contributed by atoms with van der Waals surface area (Å²) in [5.41, 5.74) is 0.774. The van der Waals surface area contributed by atoms with Crippen LogP contribution in [0, 0.1) is 5.92 Å². The van der Waals surface area contributed by atoms with Crippen molar-refractivity contribution in [3.05, 3.63) is 11.6 Å². The number of fused-ring (bicyclic) bond motifs is 1. The largest absolute Gasteiger partial charge is 0.387 e. The summed E-state index contributed by atoms with van der Waals surface area (Å²) in [5.74, 6) is 1.05. The second-order valence-corrected chi connectivity index (χ2v) is 9.83. The van der Waals surface area contributed by atoms with Gasteiger partial charge in [-0.05, 0) is 30.4 Å².